The minimum atomic E-state index is -0.409. The lowest BCUT2D eigenvalue weighted by atomic mass is 10.2. The molecule has 2 heterocycles. The smallest absolute Gasteiger partial charge is 0.269 e. The van der Waals surface area contributed by atoms with Crippen LogP contribution >= 0.6 is 0 Å². The van der Waals surface area contributed by atoms with Crippen LogP contribution in [-0.2, 0) is 0 Å². The van der Waals surface area contributed by atoms with E-state index in [2.05, 4.69) is 23.1 Å². The fraction of sp³-hybridized carbons (Fsp3) is 0.250. The number of ether oxygens (including phenoxy) is 1. The Morgan fingerprint density at radius 1 is 1.12 bits per heavy atom. The first-order valence-corrected chi connectivity index (χ1v) is 8.70. The zero-order chi connectivity index (χ0) is 17.9. The standard InChI is InChI=1S/C20H19N3O3/c24-23(25)16-8-10-18(11-9-16)26-14-17-5-3-13-22(17)20-12-7-15-4-1-2-6-19(15)21-20/h1-2,4,6-12,17H,3,5,13-14H2. The monoisotopic (exact) mass is 349 g/mol. The van der Waals surface area contributed by atoms with Crippen molar-refractivity contribution in [3.63, 3.8) is 0 Å². The molecule has 0 spiro atoms. The zero-order valence-corrected chi connectivity index (χ0v) is 14.2. The van der Waals surface area contributed by atoms with Crippen LogP contribution in [0.25, 0.3) is 10.9 Å². The Morgan fingerprint density at radius 2 is 1.92 bits per heavy atom. The van der Waals surface area contributed by atoms with Crippen LogP contribution in [-0.4, -0.2) is 29.1 Å². The number of nitro groups is 1. The van der Waals surface area contributed by atoms with Crippen molar-refractivity contribution in [3.05, 3.63) is 70.8 Å². The van der Waals surface area contributed by atoms with Crippen LogP contribution in [0.1, 0.15) is 12.8 Å². The van der Waals surface area contributed by atoms with Crippen LogP contribution in [0.2, 0.25) is 0 Å². The summed E-state index contributed by atoms with van der Waals surface area (Å²) in [4.78, 5) is 17.4. The molecule has 1 unspecified atom stereocenters. The molecule has 6 heteroatoms. The predicted molar refractivity (Wildman–Crippen MR) is 101 cm³/mol. The molecule has 3 aromatic rings. The number of nitrogens with zero attached hydrogens (tertiary/aromatic N) is 3. The van der Waals surface area contributed by atoms with Gasteiger partial charge < -0.3 is 9.64 Å². The van der Waals surface area contributed by atoms with E-state index in [1.165, 1.54) is 12.1 Å². The normalized spacial score (nSPS) is 16.8. The molecule has 1 aliphatic rings. The van der Waals surface area contributed by atoms with Gasteiger partial charge in [-0.15, -0.1) is 0 Å². The molecule has 0 saturated carbocycles. The third kappa shape index (κ3) is 3.31. The summed E-state index contributed by atoms with van der Waals surface area (Å²) in [6.07, 6.45) is 2.14. The fourth-order valence-electron chi connectivity index (χ4n) is 3.38. The molecule has 0 bridgehead atoms. The Morgan fingerprint density at radius 3 is 2.73 bits per heavy atom. The highest BCUT2D eigenvalue weighted by molar-refractivity contribution is 5.80. The number of pyridine rings is 1. The molecule has 0 N–H and O–H groups in total. The van der Waals surface area contributed by atoms with Crippen molar-refractivity contribution in [3.8, 4) is 5.75 Å². The summed E-state index contributed by atoms with van der Waals surface area (Å²) in [6, 6.07) is 18.7. The highest BCUT2D eigenvalue weighted by atomic mass is 16.6. The van der Waals surface area contributed by atoms with E-state index in [4.69, 9.17) is 9.72 Å². The summed E-state index contributed by atoms with van der Waals surface area (Å²) in [5, 5.41) is 11.9. The number of fused-ring (bicyclic) bond motifs is 1. The summed E-state index contributed by atoms with van der Waals surface area (Å²) in [6.45, 7) is 1.49. The van der Waals surface area contributed by atoms with Crippen molar-refractivity contribution in [1.82, 2.24) is 4.98 Å². The van der Waals surface area contributed by atoms with Gasteiger partial charge in [0.25, 0.3) is 5.69 Å². The van der Waals surface area contributed by atoms with E-state index in [9.17, 15) is 10.1 Å². The van der Waals surface area contributed by atoms with Crippen molar-refractivity contribution >= 4 is 22.4 Å². The molecule has 0 radical (unpaired) electrons. The van der Waals surface area contributed by atoms with Gasteiger partial charge in [-0.2, -0.15) is 0 Å². The molecular weight excluding hydrogens is 330 g/mol. The lowest BCUT2D eigenvalue weighted by Gasteiger charge is -2.26. The molecule has 2 aromatic carbocycles. The van der Waals surface area contributed by atoms with Gasteiger partial charge in [-0.05, 0) is 43.2 Å². The number of nitro benzene ring substituents is 1. The number of benzene rings is 2. The molecule has 26 heavy (non-hydrogen) atoms. The lowest BCUT2D eigenvalue weighted by molar-refractivity contribution is -0.384. The van der Waals surface area contributed by atoms with Gasteiger partial charge in [-0.1, -0.05) is 18.2 Å². The third-order valence-electron chi connectivity index (χ3n) is 4.75. The van der Waals surface area contributed by atoms with Crippen molar-refractivity contribution < 1.29 is 9.66 Å². The summed E-state index contributed by atoms with van der Waals surface area (Å²) >= 11 is 0. The molecule has 0 aliphatic carbocycles. The van der Waals surface area contributed by atoms with Crippen LogP contribution in [0.5, 0.6) is 5.75 Å². The Labute approximate surface area is 151 Å². The number of rotatable bonds is 5. The number of anilines is 1. The summed E-state index contributed by atoms with van der Waals surface area (Å²) in [5.41, 5.74) is 1.06. The van der Waals surface area contributed by atoms with E-state index in [1.807, 2.05) is 18.2 Å². The largest absolute Gasteiger partial charge is 0.491 e. The molecule has 1 saturated heterocycles. The number of hydrogen-bond acceptors (Lipinski definition) is 5. The van der Waals surface area contributed by atoms with Crippen LogP contribution in [0.3, 0.4) is 0 Å². The van der Waals surface area contributed by atoms with Gasteiger partial charge in [0.1, 0.15) is 18.2 Å². The van der Waals surface area contributed by atoms with Crippen LogP contribution < -0.4 is 9.64 Å². The maximum absolute atomic E-state index is 10.7. The summed E-state index contributed by atoms with van der Waals surface area (Å²) in [5.74, 6) is 1.62. The van der Waals surface area contributed by atoms with Gasteiger partial charge >= 0.3 is 0 Å². The lowest BCUT2D eigenvalue weighted by Crippen LogP contribution is -2.34. The van der Waals surface area contributed by atoms with Crippen molar-refractivity contribution in [2.24, 2.45) is 0 Å². The summed E-state index contributed by atoms with van der Waals surface area (Å²) < 4.78 is 5.87. The Balaban J connectivity index is 1.46. The second kappa shape index (κ2) is 7.00. The van der Waals surface area contributed by atoms with Crippen molar-refractivity contribution in [2.75, 3.05) is 18.1 Å². The van der Waals surface area contributed by atoms with Crippen LogP contribution in [0, 0.1) is 10.1 Å². The first-order valence-electron chi connectivity index (χ1n) is 8.70. The second-order valence-corrected chi connectivity index (χ2v) is 6.41. The minimum absolute atomic E-state index is 0.0696. The zero-order valence-electron chi connectivity index (χ0n) is 14.2. The molecule has 132 valence electrons. The van der Waals surface area contributed by atoms with E-state index >= 15 is 0 Å². The fourth-order valence-corrected chi connectivity index (χ4v) is 3.38. The first kappa shape index (κ1) is 16.3. The van der Waals surface area contributed by atoms with Gasteiger partial charge in [-0.3, -0.25) is 10.1 Å². The number of aromatic nitrogens is 1. The molecular formula is C20H19N3O3. The maximum atomic E-state index is 10.7. The van der Waals surface area contributed by atoms with Gasteiger partial charge in [0.05, 0.1) is 16.5 Å². The van der Waals surface area contributed by atoms with Gasteiger partial charge in [0, 0.05) is 24.1 Å². The van der Waals surface area contributed by atoms with Gasteiger partial charge in [-0.25, -0.2) is 4.98 Å². The molecule has 1 atom stereocenters. The predicted octanol–water partition coefficient (Wildman–Crippen LogP) is 4.19. The first-order chi connectivity index (χ1) is 12.7. The highest BCUT2D eigenvalue weighted by Crippen LogP contribution is 2.27. The van der Waals surface area contributed by atoms with Crippen LogP contribution in [0.15, 0.2) is 60.7 Å². The van der Waals surface area contributed by atoms with Gasteiger partial charge in [0.2, 0.25) is 0 Å². The van der Waals surface area contributed by atoms with Crippen molar-refractivity contribution in [2.45, 2.75) is 18.9 Å². The number of non-ortho nitro benzene ring substituents is 1. The van der Waals surface area contributed by atoms with Gasteiger partial charge in [0.15, 0.2) is 0 Å². The average molecular weight is 349 g/mol. The third-order valence-corrected chi connectivity index (χ3v) is 4.75. The molecule has 0 amide bonds. The highest BCUT2D eigenvalue weighted by Gasteiger charge is 2.26. The van der Waals surface area contributed by atoms with E-state index < -0.39 is 4.92 Å². The number of para-hydroxylation sites is 1. The maximum Gasteiger partial charge on any atom is 0.269 e. The van der Waals surface area contributed by atoms with Crippen molar-refractivity contribution in [1.29, 1.82) is 0 Å². The molecule has 1 aliphatic heterocycles. The quantitative estimate of drug-likeness (QED) is 0.510. The van der Waals surface area contributed by atoms with Crippen LogP contribution in [0.4, 0.5) is 11.5 Å². The summed E-state index contributed by atoms with van der Waals surface area (Å²) in [7, 11) is 0. The van der Waals surface area contributed by atoms with E-state index in [-0.39, 0.29) is 11.7 Å². The molecule has 4 rings (SSSR count). The Kier molecular flexibility index (Phi) is 4.39. The molecule has 1 fully saturated rings. The van der Waals surface area contributed by atoms with E-state index in [0.29, 0.717) is 12.4 Å². The van der Waals surface area contributed by atoms with E-state index in [1.54, 1.807) is 12.1 Å². The molecule has 1 aromatic heterocycles. The second-order valence-electron chi connectivity index (χ2n) is 6.41. The Hall–Kier alpha value is -3.15. The topological polar surface area (TPSA) is 68.5 Å². The average Bonchev–Trinajstić information content (AvgIpc) is 3.15. The SMILES string of the molecule is O=[N+]([O-])c1ccc(OCC2CCCN2c2ccc3ccccc3n2)cc1. The Bertz CT molecular complexity index is 927. The minimum Gasteiger partial charge on any atom is -0.491 e. The number of hydrogen-bond donors (Lipinski definition) is 0. The molecule has 6 nitrogen and oxygen atoms in total. The van der Waals surface area contributed by atoms with E-state index in [0.717, 1.165) is 36.1 Å².